The zero-order chi connectivity index (χ0) is 19.6. The van der Waals surface area contributed by atoms with Gasteiger partial charge in [0.25, 0.3) is 0 Å². The van der Waals surface area contributed by atoms with Crippen LogP contribution in [-0.4, -0.2) is 26.7 Å². The van der Waals surface area contributed by atoms with Gasteiger partial charge in [-0.2, -0.15) is 0 Å². The smallest absolute Gasteiger partial charge is 0.180 e. The first kappa shape index (κ1) is 22.1. The van der Waals surface area contributed by atoms with Crippen LogP contribution in [0.2, 0.25) is 15.1 Å². The van der Waals surface area contributed by atoms with Gasteiger partial charge in [0.05, 0.1) is 11.6 Å². The minimum Gasteiger partial charge on any atom is -0.490 e. The molecule has 0 aromatic heterocycles. The molecule has 0 amide bonds. The number of nitrogens with one attached hydrogen (secondary N) is 2. The van der Waals surface area contributed by atoms with Crippen LogP contribution in [0.15, 0.2) is 30.3 Å². The normalized spacial score (nSPS) is 10.9. The van der Waals surface area contributed by atoms with Crippen molar-refractivity contribution in [1.29, 1.82) is 0 Å². The van der Waals surface area contributed by atoms with Gasteiger partial charge >= 0.3 is 0 Å². The first-order valence-electron chi connectivity index (χ1n) is 8.93. The number of benzene rings is 2. The van der Waals surface area contributed by atoms with Crippen molar-refractivity contribution in [2.24, 2.45) is 0 Å². The fourth-order valence-corrected chi connectivity index (χ4v) is 3.36. The Hall–Kier alpha value is -1.17. The van der Waals surface area contributed by atoms with Crippen LogP contribution in [-0.2, 0) is 13.2 Å². The zero-order valence-corrected chi connectivity index (χ0v) is 17.8. The Kier molecular flexibility index (Phi) is 9.52. The molecule has 0 saturated carbocycles. The van der Waals surface area contributed by atoms with E-state index in [4.69, 9.17) is 44.3 Å². The topological polar surface area (TPSA) is 42.5 Å². The van der Waals surface area contributed by atoms with Gasteiger partial charge in [0, 0.05) is 22.2 Å². The molecule has 2 aromatic carbocycles. The van der Waals surface area contributed by atoms with E-state index in [1.807, 2.05) is 26.1 Å². The predicted molar refractivity (Wildman–Crippen MR) is 114 cm³/mol. The van der Waals surface area contributed by atoms with E-state index in [-0.39, 0.29) is 6.61 Å². The second kappa shape index (κ2) is 11.6. The quantitative estimate of drug-likeness (QED) is 0.472. The molecule has 148 valence electrons. The molecule has 0 radical (unpaired) electrons. The summed E-state index contributed by atoms with van der Waals surface area (Å²) in [5.74, 6) is 1.11. The third kappa shape index (κ3) is 6.74. The van der Waals surface area contributed by atoms with Crippen molar-refractivity contribution in [3.8, 4) is 11.5 Å². The fraction of sp³-hybridized carbons (Fsp3) is 0.400. The average Bonchev–Trinajstić information content (AvgIpc) is 2.63. The maximum absolute atomic E-state index is 6.47. The molecule has 4 nitrogen and oxygen atoms in total. The number of halogens is 3. The van der Waals surface area contributed by atoms with Crippen LogP contribution in [0.1, 0.15) is 24.5 Å². The number of ether oxygens (including phenoxy) is 2. The van der Waals surface area contributed by atoms with Crippen LogP contribution in [0.25, 0.3) is 0 Å². The number of hydrogen-bond donors (Lipinski definition) is 2. The summed E-state index contributed by atoms with van der Waals surface area (Å²) in [5, 5.41) is 8.13. The number of hydrogen-bond acceptors (Lipinski definition) is 4. The molecule has 0 saturated heterocycles. The van der Waals surface area contributed by atoms with E-state index < -0.39 is 0 Å². The van der Waals surface area contributed by atoms with Crippen LogP contribution in [0.4, 0.5) is 0 Å². The zero-order valence-electron chi connectivity index (χ0n) is 15.6. The Labute approximate surface area is 176 Å². The molecule has 2 rings (SSSR count). The SMILES string of the molecule is CCOc1cc(CNCCCNC)cc(Cl)c1OCc1c(Cl)cccc1Cl. The molecule has 7 heteroatoms. The molecule has 2 aromatic rings. The van der Waals surface area contributed by atoms with Crippen LogP contribution in [0.3, 0.4) is 0 Å². The van der Waals surface area contributed by atoms with Crippen molar-refractivity contribution < 1.29 is 9.47 Å². The molecule has 0 atom stereocenters. The van der Waals surface area contributed by atoms with Crippen molar-refractivity contribution in [3.05, 3.63) is 56.5 Å². The fourth-order valence-electron chi connectivity index (χ4n) is 2.56. The molecular weight excluding hydrogens is 407 g/mol. The second-order valence-corrected chi connectivity index (χ2v) is 7.18. The predicted octanol–water partition coefficient (Wildman–Crippen LogP) is 5.32. The summed E-state index contributed by atoms with van der Waals surface area (Å²) < 4.78 is 11.7. The van der Waals surface area contributed by atoms with E-state index >= 15 is 0 Å². The summed E-state index contributed by atoms with van der Waals surface area (Å²) >= 11 is 18.9. The third-order valence-electron chi connectivity index (χ3n) is 3.90. The van der Waals surface area contributed by atoms with Gasteiger partial charge in [0.15, 0.2) is 11.5 Å². The van der Waals surface area contributed by atoms with Gasteiger partial charge < -0.3 is 20.1 Å². The Morgan fingerprint density at radius 1 is 0.963 bits per heavy atom. The highest BCUT2D eigenvalue weighted by Gasteiger charge is 2.15. The lowest BCUT2D eigenvalue weighted by atomic mass is 10.2. The maximum Gasteiger partial charge on any atom is 0.180 e. The molecule has 27 heavy (non-hydrogen) atoms. The Morgan fingerprint density at radius 2 is 1.70 bits per heavy atom. The molecule has 0 heterocycles. The molecule has 0 unspecified atom stereocenters. The lowest BCUT2D eigenvalue weighted by Crippen LogP contribution is -2.19. The maximum atomic E-state index is 6.47. The third-order valence-corrected chi connectivity index (χ3v) is 4.89. The van der Waals surface area contributed by atoms with E-state index in [1.54, 1.807) is 18.2 Å². The summed E-state index contributed by atoms with van der Waals surface area (Å²) in [4.78, 5) is 0. The van der Waals surface area contributed by atoms with Gasteiger partial charge in [-0.05, 0) is 63.3 Å². The second-order valence-electron chi connectivity index (χ2n) is 5.96. The highest BCUT2D eigenvalue weighted by atomic mass is 35.5. The molecule has 0 spiro atoms. The molecule has 0 aliphatic rings. The van der Waals surface area contributed by atoms with Crippen molar-refractivity contribution >= 4 is 34.8 Å². The standard InChI is InChI=1S/C20H25Cl3N2O2/c1-3-26-19-11-14(12-25-9-5-8-24-2)10-18(23)20(19)27-13-15-16(21)6-4-7-17(15)22/h4,6-7,10-11,24-25H,3,5,8-9,12-13H2,1-2H3. The van der Waals surface area contributed by atoms with Crippen LogP contribution in [0, 0.1) is 0 Å². The van der Waals surface area contributed by atoms with E-state index in [1.165, 1.54) is 0 Å². The highest BCUT2D eigenvalue weighted by molar-refractivity contribution is 6.36. The Morgan fingerprint density at radius 3 is 2.37 bits per heavy atom. The van der Waals surface area contributed by atoms with E-state index in [2.05, 4.69) is 10.6 Å². The van der Waals surface area contributed by atoms with Gasteiger partial charge in [-0.25, -0.2) is 0 Å². The minimum atomic E-state index is 0.208. The Bertz CT molecular complexity index is 721. The van der Waals surface area contributed by atoms with E-state index in [0.29, 0.717) is 39.7 Å². The van der Waals surface area contributed by atoms with Crippen molar-refractivity contribution in [1.82, 2.24) is 10.6 Å². The first-order valence-corrected chi connectivity index (χ1v) is 10.1. The minimum absolute atomic E-state index is 0.208. The molecular formula is C20H25Cl3N2O2. The van der Waals surface area contributed by atoms with Crippen molar-refractivity contribution in [3.63, 3.8) is 0 Å². The van der Waals surface area contributed by atoms with Crippen LogP contribution >= 0.6 is 34.8 Å². The van der Waals surface area contributed by atoms with Gasteiger partial charge in [0.2, 0.25) is 0 Å². The summed E-state index contributed by atoms with van der Waals surface area (Å²) in [6, 6.07) is 9.19. The van der Waals surface area contributed by atoms with Gasteiger partial charge in [-0.3, -0.25) is 0 Å². The molecule has 0 bridgehead atoms. The Balaban J connectivity index is 2.10. The molecule has 0 aliphatic heterocycles. The first-order chi connectivity index (χ1) is 13.1. The van der Waals surface area contributed by atoms with Crippen molar-refractivity contribution in [2.75, 3.05) is 26.7 Å². The average molecular weight is 432 g/mol. The summed E-state index contributed by atoms with van der Waals surface area (Å²) in [5.41, 5.74) is 1.76. The van der Waals surface area contributed by atoms with Gasteiger partial charge in [-0.15, -0.1) is 0 Å². The summed E-state index contributed by atoms with van der Waals surface area (Å²) in [6.45, 7) is 5.25. The van der Waals surface area contributed by atoms with E-state index in [0.717, 1.165) is 30.6 Å². The van der Waals surface area contributed by atoms with E-state index in [9.17, 15) is 0 Å². The van der Waals surface area contributed by atoms with Crippen LogP contribution < -0.4 is 20.1 Å². The molecule has 0 fully saturated rings. The number of rotatable bonds is 11. The monoisotopic (exact) mass is 430 g/mol. The lowest BCUT2D eigenvalue weighted by molar-refractivity contribution is 0.269. The van der Waals surface area contributed by atoms with Crippen LogP contribution in [0.5, 0.6) is 11.5 Å². The van der Waals surface area contributed by atoms with Gasteiger partial charge in [-0.1, -0.05) is 40.9 Å². The molecule has 0 aliphatic carbocycles. The van der Waals surface area contributed by atoms with Gasteiger partial charge in [0.1, 0.15) is 6.61 Å². The van der Waals surface area contributed by atoms with Crippen molar-refractivity contribution in [2.45, 2.75) is 26.5 Å². The molecule has 2 N–H and O–H groups in total. The highest BCUT2D eigenvalue weighted by Crippen LogP contribution is 2.38. The largest absolute Gasteiger partial charge is 0.490 e. The summed E-state index contributed by atoms with van der Waals surface area (Å²) in [7, 11) is 1.95. The summed E-state index contributed by atoms with van der Waals surface area (Å²) in [6.07, 6.45) is 1.06. The lowest BCUT2D eigenvalue weighted by Gasteiger charge is -2.16.